The first-order chi connectivity index (χ1) is 13.3. The Morgan fingerprint density at radius 1 is 1.36 bits per heavy atom. The molecule has 2 heterocycles. The molecule has 3 aromatic rings. The molecule has 0 aliphatic carbocycles. The summed E-state index contributed by atoms with van der Waals surface area (Å²) in [6.07, 6.45) is -0.0428. The molecule has 0 spiro atoms. The van der Waals surface area contributed by atoms with Crippen LogP contribution in [0.25, 0.3) is 5.65 Å². The molecule has 0 fully saturated rings. The standard InChI is InChI=1S/C19H17BrN4O4/c1-4-27-15-6-12(9-21)5-14(20)19(15)28-18(26)7-13-10(2)22-16-8-17(25)23-24(16)11(13)3/h5-6,8H,4,7H2,1-3H3,(H,23,25). The van der Waals surface area contributed by atoms with Crippen molar-refractivity contribution < 1.29 is 14.3 Å². The van der Waals surface area contributed by atoms with Gasteiger partial charge in [-0.25, -0.2) is 9.50 Å². The zero-order valence-electron chi connectivity index (χ0n) is 15.5. The average molecular weight is 445 g/mol. The zero-order valence-corrected chi connectivity index (χ0v) is 17.1. The van der Waals surface area contributed by atoms with Crippen LogP contribution in [0.4, 0.5) is 0 Å². The summed E-state index contributed by atoms with van der Waals surface area (Å²) in [6.45, 7) is 5.72. The van der Waals surface area contributed by atoms with E-state index in [9.17, 15) is 9.59 Å². The Morgan fingerprint density at radius 2 is 2.11 bits per heavy atom. The second kappa shape index (κ2) is 7.86. The summed E-state index contributed by atoms with van der Waals surface area (Å²) in [5, 5.41) is 11.8. The number of nitrogens with zero attached hydrogens (tertiary/aromatic N) is 3. The van der Waals surface area contributed by atoms with Crippen LogP contribution in [-0.4, -0.2) is 27.2 Å². The second-order valence-electron chi connectivity index (χ2n) is 6.06. The number of fused-ring (bicyclic) bond motifs is 1. The Hall–Kier alpha value is -3.12. The van der Waals surface area contributed by atoms with E-state index in [1.807, 2.05) is 6.07 Å². The third kappa shape index (κ3) is 3.77. The van der Waals surface area contributed by atoms with Crippen LogP contribution < -0.4 is 15.0 Å². The van der Waals surface area contributed by atoms with E-state index in [0.29, 0.717) is 45.0 Å². The number of halogens is 1. The van der Waals surface area contributed by atoms with Crippen molar-refractivity contribution in [2.45, 2.75) is 27.2 Å². The Bertz CT molecular complexity index is 1170. The molecular weight excluding hydrogens is 428 g/mol. The van der Waals surface area contributed by atoms with Crippen molar-refractivity contribution in [3.63, 3.8) is 0 Å². The maximum Gasteiger partial charge on any atom is 0.315 e. The lowest BCUT2D eigenvalue weighted by atomic mass is 10.1. The van der Waals surface area contributed by atoms with Gasteiger partial charge < -0.3 is 9.47 Å². The number of nitriles is 1. The third-order valence-electron chi connectivity index (χ3n) is 4.18. The van der Waals surface area contributed by atoms with Crippen molar-refractivity contribution in [2.75, 3.05) is 6.61 Å². The fourth-order valence-corrected chi connectivity index (χ4v) is 3.42. The van der Waals surface area contributed by atoms with Gasteiger partial charge in [0.25, 0.3) is 5.56 Å². The number of carbonyl (C=O) groups is 1. The number of H-pyrrole nitrogens is 1. The number of aromatic amines is 1. The minimum absolute atomic E-state index is 0.0428. The SMILES string of the molecule is CCOc1cc(C#N)cc(Br)c1OC(=O)Cc1c(C)nc2cc(=O)[nH]n2c1C. The van der Waals surface area contributed by atoms with Gasteiger partial charge in [-0.2, -0.15) is 5.26 Å². The highest BCUT2D eigenvalue weighted by molar-refractivity contribution is 9.10. The fourth-order valence-electron chi connectivity index (χ4n) is 2.90. The summed E-state index contributed by atoms with van der Waals surface area (Å²) in [7, 11) is 0. The average Bonchev–Trinajstić information content (AvgIpc) is 3.01. The molecule has 8 nitrogen and oxygen atoms in total. The van der Waals surface area contributed by atoms with E-state index in [4.69, 9.17) is 14.7 Å². The van der Waals surface area contributed by atoms with E-state index in [1.165, 1.54) is 12.1 Å². The molecule has 0 aliphatic heterocycles. The lowest BCUT2D eigenvalue weighted by Gasteiger charge is -2.14. The molecule has 0 radical (unpaired) electrons. The van der Waals surface area contributed by atoms with Gasteiger partial charge in [-0.05, 0) is 42.8 Å². The number of nitrogens with one attached hydrogen (secondary N) is 1. The lowest BCUT2D eigenvalue weighted by molar-refractivity contribution is -0.133. The monoisotopic (exact) mass is 444 g/mol. The normalized spacial score (nSPS) is 10.7. The van der Waals surface area contributed by atoms with Gasteiger partial charge in [-0.3, -0.25) is 14.7 Å². The topological polar surface area (TPSA) is 109 Å². The minimum atomic E-state index is -0.520. The summed E-state index contributed by atoms with van der Waals surface area (Å²) >= 11 is 3.32. The number of esters is 1. The molecule has 0 atom stereocenters. The van der Waals surface area contributed by atoms with Crippen molar-refractivity contribution in [2.24, 2.45) is 0 Å². The van der Waals surface area contributed by atoms with Crippen LogP contribution in [0.3, 0.4) is 0 Å². The molecule has 0 saturated carbocycles. The number of hydrogen-bond donors (Lipinski definition) is 1. The first-order valence-electron chi connectivity index (χ1n) is 8.49. The summed E-state index contributed by atoms with van der Waals surface area (Å²) in [4.78, 5) is 28.5. The molecule has 2 aromatic heterocycles. The van der Waals surface area contributed by atoms with Crippen molar-refractivity contribution >= 4 is 27.5 Å². The van der Waals surface area contributed by atoms with E-state index < -0.39 is 5.97 Å². The molecule has 1 N–H and O–H groups in total. The van der Waals surface area contributed by atoms with Crippen molar-refractivity contribution in [3.05, 3.63) is 55.5 Å². The molecule has 0 saturated heterocycles. The van der Waals surface area contributed by atoms with Gasteiger partial charge in [0.2, 0.25) is 0 Å². The molecule has 0 bridgehead atoms. The Balaban J connectivity index is 1.92. The fraction of sp³-hybridized carbons (Fsp3) is 0.263. The van der Waals surface area contributed by atoms with Gasteiger partial charge in [-0.15, -0.1) is 0 Å². The van der Waals surface area contributed by atoms with Gasteiger partial charge in [-0.1, -0.05) is 0 Å². The Labute approximate surface area is 168 Å². The maximum absolute atomic E-state index is 12.6. The van der Waals surface area contributed by atoms with E-state index in [1.54, 1.807) is 31.4 Å². The number of benzene rings is 1. The first-order valence-corrected chi connectivity index (χ1v) is 9.28. The van der Waals surface area contributed by atoms with E-state index in [2.05, 4.69) is 26.0 Å². The molecule has 3 rings (SSSR count). The number of aromatic nitrogens is 3. The molecular formula is C19H17BrN4O4. The van der Waals surface area contributed by atoms with E-state index in [0.717, 1.165) is 0 Å². The number of carbonyl (C=O) groups excluding carboxylic acids is 1. The third-order valence-corrected chi connectivity index (χ3v) is 4.77. The predicted octanol–water partition coefficient (Wildman–Crippen LogP) is 2.82. The minimum Gasteiger partial charge on any atom is -0.490 e. The number of hydrogen-bond acceptors (Lipinski definition) is 6. The van der Waals surface area contributed by atoms with Gasteiger partial charge in [0, 0.05) is 29.1 Å². The quantitative estimate of drug-likeness (QED) is 0.478. The Morgan fingerprint density at radius 3 is 2.79 bits per heavy atom. The van der Waals surface area contributed by atoms with Crippen molar-refractivity contribution in [1.29, 1.82) is 5.26 Å². The van der Waals surface area contributed by atoms with Gasteiger partial charge in [0.15, 0.2) is 17.1 Å². The second-order valence-corrected chi connectivity index (χ2v) is 6.91. The van der Waals surface area contributed by atoms with Crippen LogP contribution >= 0.6 is 15.9 Å². The molecule has 0 amide bonds. The van der Waals surface area contributed by atoms with Gasteiger partial charge >= 0.3 is 5.97 Å². The van der Waals surface area contributed by atoms with Crippen molar-refractivity contribution in [3.8, 4) is 17.6 Å². The first kappa shape index (κ1) is 19.6. The molecule has 144 valence electrons. The highest BCUT2D eigenvalue weighted by Gasteiger charge is 2.19. The van der Waals surface area contributed by atoms with E-state index in [-0.39, 0.29) is 17.7 Å². The molecule has 0 unspecified atom stereocenters. The zero-order chi connectivity index (χ0) is 20.4. The maximum atomic E-state index is 12.6. The lowest BCUT2D eigenvalue weighted by Crippen LogP contribution is -2.16. The summed E-state index contributed by atoms with van der Waals surface area (Å²) in [6, 6.07) is 6.50. The highest BCUT2D eigenvalue weighted by Crippen LogP contribution is 2.37. The van der Waals surface area contributed by atoms with Crippen LogP contribution in [0.15, 0.2) is 27.5 Å². The predicted molar refractivity (Wildman–Crippen MR) is 105 cm³/mol. The van der Waals surface area contributed by atoms with Crippen LogP contribution in [0.1, 0.15) is 29.4 Å². The highest BCUT2D eigenvalue weighted by atomic mass is 79.9. The molecule has 9 heteroatoms. The smallest absolute Gasteiger partial charge is 0.315 e. The summed E-state index contributed by atoms with van der Waals surface area (Å²) < 4.78 is 13.0. The van der Waals surface area contributed by atoms with Crippen LogP contribution in [-0.2, 0) is 11.2 Å². The molecule has 1 aromatic carbocycles. The van der Waals surface area contributed by atoms with Gasteiger partial charge in [0.1, 0.15) is 0 Å². The van der Waals surface area contributed by atoms with Crippen LogP contribution in [0.5, 0.6) is 11.5 Å². The summed E-state index contributed by atoms with van der Waals surface area (Å²) in [5.41, 5.74) is 2.60. The largest absolute Gasteiger partial charge is 0.490 e. The van der Waals surface area contributed by atoms with Crippen molar-refractivity contribution in [1.82, 2.24) is 14.6 Å². The molecule has 0 aliphatic rings. The summed E-state index contributed by atoms with van der Waals surface area (Å²) in [5.74, 6) is -0.00341. The molecule has 28 heavy (non-hydrogen) atoms. The van der Waals surface area contributed by atoms with Gasteiger partial charge in [0.05, 0.1) is 29.1 Å². The van der Waals surface area contributed by atoms with Crippen LogP contribution in [0.2, 0.25) is 0 Å². The number of rotatable bonds is 5. The van der Waals surface area contributed by atoms with E-state index >= 15 is 0 Å². The number of aryl methyl sites for hydroxylation is 2. The number of ether oxygens (including phenoxy) is 2. The van der Waals surface area contributed by atoms with Crippen LogP contribution in [0, 0.1) is 25.2 Å². The Kier molecular flexibility index (Phi) is 5.51.